The highest BCUT2D eigenvalue weighted by atomic mass is 35.5. The number of hydrogen-bond acceptors (Lipinski definition) is 6. The van der Waals surface area contributed by atoms with Gasteiger partial charge in [0.05, 0.1) is 33.8 Å². The van der Waals surface area contributed by atoms with Gasteiger partial charge in [-0.1, -0.05) is 11.6 Å². The van der Waals surface area contributed by atoms with Gasteiger partial charge in [-0.25, -0.2) is 0 Å². The van der Waals surface area contributed by atoms with Crippen LogP contribution in [0, 0.1) is 0 Å². The van der Waals surface area contributed by atoms with E-state index in [1.807, 2.05) is 0 Å². The van der Waals surface area contributed by atoms with Crippen molar-refractivity contribution in [3.05, 3.63) is 74.9 Å². The molecular formula is C18H11ClN4O5. The predicted octanol–water partition coefficient (Wildman–Crippen LogP) is 1.80. The summed E-state index contributed by atoms with van der Waals surface area (Å²) in [4.78, 5) is 48.2. The average Bonchev–Trinajstić information content (AvgIpc) is 3.26. The number of imide groups is 1. The van der Waals surface area contributed by atoms with Crippen molar-refractivity contribution in [1.82, 2.24) is 9.88 Å². The minimum absolute atomic E-state index is 0.0721. The van der Waals surface area contributed by atoms with Crippen LogP contribution in [0.15, 0.2) is 51.9 Å². The summed E-state index contributed by atoms with van der Waals surface area (Å²) < 4.78 is 6.07. The Morgan fingerprint density at radius 2 is 1.93 bits per heavy atom. The summed E-state index contributed by atoms with van der Waals surface area (Å²) in [6.07, 6.45) is 1.36. The van der Waals surface area contributed by atoms with Crippen molar-refractivity contribution in [2.45, 2.75) is 0 Å². The van der Waals surface area contributed by atoms with Crippen LogP contribution in [0.2, 0.25) is 5.02 Å². The van der Waals surface area contributed by atoms with Crippen molar-refractivity contribution in [3.63, 3.8) is 0 Å². The Hall–Kier alpha value is -3.85. The largest absolute Gasteiger partial charge is 0.459 e. The number of nitrogen functional groups attached to an aromatic ring is 1. The van der Waals surface area contributed by atoms with Gasteiger partial charge in [-0.2, -0.15) is 0 Å². The first-order valence-electron chi connectivity index (χ1n) is 7.93. The zero-order valence-corrected chi connectivity index (χ0v) is 14.7. The van der Waals surface area contributed by atoms with Crippen molar-refractivity contribution < 1.29 is 18.8 Å². The number of aromatic nitrogens is 1. The van der Waals surface area contributed by atoms with Gasteiger partial charge in [0.2, 0.25) is 0 Å². The third kappa shape index (κ3) is 2.74. The van der Waals surface area contributed by atoms with E-state index in [2.05, 4.69) is 10.6 Å². The normalized spacial score (nSPS) is 12.6. The molecule has 0 saturated carbocycles. The molecule has 9 nitrogen and oxygen atoms in total. The molecule has 4 rings (SSSR count). The number of furan rings is 1. The number of benzene rings is 1. The van der Waals surface area contributed by atoms with Crippen molar-refractivity contribution in [3.8, 4) is 5.69 Å². The Morgan fingerprint density at radius 1 is 1.14 bits per heavy atom. The second-order valence-corrected chi connectivity index (χ2v) is 6.28. The van der Waals surface area contributed by atoms with E-state index >= 15 is 0 Å². The number of fused-ring (bicyclic) bond motifs is 1. The van der Waals surface area contributed by atoms with E-state index in [4.69, 9.17) is 21.8 Å². The SMILES string of the molecule is Nc1c2c(cc(=O)n1-c1ccc(NC(=O)c3ccco3)c(Cl)c1)C(=O)NC2=O. The summed E-state index contributed by atoms with van der Waals surface area (Å²) in [5.74, 6) is -1.93. The van der Waals surface area contributed by atoms with Crippen LogP contribution in [0.25, 0.3) is 5.69 Å². The second-order valence-electron chi connectivity index (χ2n) is 5.87. The summed E-state index contributed by atoms with van der Waals surface area (Å²) in [5, 5.41) is 4.80. The monoisotopic (exact) mass is 398 g/mol. The highest BCUT2D eigenvalue weighted by Crippen LogP contribution is 2.28. The lowest BCUT2D eigenvalue weighted by atomic mass is 10.1. The van der Waals surface area contributed by atoms with Crippen molar-refractivity contribution in [2.75, 3.05) is 11.1 Å². The lowest BCUT2D eigenvalue weighted by Gasteiger charge is -2.13. The van der Waals surface area contributed by atoms with Gasteiger partial charge in [0.1, 0.15) is 5.82 Å². The minimum Gasteiger partial charge on any atom is -0.459 e. The summed E-state index contributed by atoms with van der Waals surface area (Å²) >= 11 is 6.22. The number of nitrogens with one attached hydrogen (secondary N) is 2. The van der Waals surface area contributed by atoms with E-state index in [0.29, 0.717) is 0 Å². The van der Waals surface area contributed by atoms with E-state index in [9.17, 15) is 19.2 Å². The lowest BCUT2D eigenvalue weighted by molar-refractivity contribution is 0.0879. The molecule has 140 valence electrons. The summed E-state index contributed by atoms with van der Waals surface area (Å²) in [6.45, 7) is 0. The Morgan fingerprint density at radius 3 is 2.61 bits per heavy atom. The summed E-state index contributed by atoms with van der Waals surface area (Å²) in [6, 6.07) is 8.47. The molecule has 1 aliphatic rings. The third-order valence-corrected chi connectivity index (χ3v) is 4.47. The van der Waals surface area contributed by atoms with Gasteiger partial charge < -0.3 is 15.5 Å². The fourth-order valence-corrected chi connectivity index (χ4v) is 3.10. The van der Waals surface area contributed by atoms with Crippen molar-refractivity contribution in [1.29, 1.82) is 0 Å². The average molecular weight is 399 g/mol. The van der Waals surface area contributed by atoms with Gasteiger partial charge in [0.15, 0.2) is 5.76 Å². The highest BCUT2D eigenvalue weighted by Gasteiger charge is 2.31. The molecule has 0 fully saturated rings. The molecule has 28 heavy (non-hydrogen) atoms. The fraction of sp³-hybridized carbons (Fsp3) is 0. The van der Waals surface area contributed by atoms with Crippen LogP contribution >= 0.6 is 11.6 Å². The van der Waals surface area contributed by atoms with Crippen molar-refractivity contribution >= 4 is 40.8 Å². The van der Waals surface area contributed by atoms with E-state index in [0.717, 1.165) is 10.6 Å². The molecule has 3 amide bonds. The topological polar surface area (TPSA) is 136 Å². The molecule has 4 N–H and O–H groups in total. The molecule has 10 heteroatoms. The molecule has 0 spiro atoms. The van der Waals surface area contributed by atoms with Crippen LogP contribution in [0.3, 0.4) is 0 Å². The van der Waals surface area contributed by atoms with Crippen LogP contribution in [-0.4, -0.2) is 22.3 Å². The smallest absolute Gasteiger partial charge is 0.291 e. The number of hydrogen-bond donors (Lipinski definition) is 3. The molecular weight excluding hydrogens is 388 g/mol. The molecule has 0 saturated heterocycles. The number of carbonyl (C=O) groups excluding carboxylic acids is 3. The number of nitrogens with two attached hydrogens (primary N) is 1. The van der Waals surface area contributed by atoms with Crippen LogP contribution < -0.4 is 21.9 Å². The molecule has 3 heterocycles. The standard InChI is InChI=1S/C18H11ClN4O5/c19-10-6-8(3-4-11(10)21-17(26)12-2-1-5-28-12)23-13(24)7-9-14(15(23)20)18(27)22-16(9)25/h1-7H,20H2,(H,21,26)(H,22,25,27). The van der Waals surface area contributed by atoms with Gasteiger partial charge in [0.25, 0.3) is 23.3 Å². The summed E-state index contributed by atoms with van der Waals surface area (Å²) in [7, 11) is 0. The Balaban J connectivity index is 1.74. The quantitative estimate of drug-likeness (QED) is 0.575. The molecule has 0 unspecified atom stereocenters. The van der Waals surface area contributed by atoms with Gasteiger partial charge >= 0.3 is 0 Å². The Kier molecular flexibility index (Phi) is 4.01. The molecule has 2 aromatic heterocycles. The zero-order valence-electron chi connectivity index (χ0n) is 14.0. The first-order valence-corrected chi connectivity index (χ1v) is 8.30. The molecule has 0 atom stereocenters. The third-order valence-electron chi connectivity index (χ3n) is 4.16. The summed E-state index contributed by atoms with van der Waals surface area (Å²) in [5.41, 5.74) is 5.77. The molecule has 0 aliphatic carbocycles. The van der Waals surface area contributed by atoms with Crippen LogP contribution in [-0.2, 0) is 0 Å². The number of nitrogens with zero attached hydrogens (tertiary/aromatic N) is 1. The number of halogens is 1. The van der Waals surface area contributed by atoms with Crippen LogP contribution in [0.5, 0.6) is 0 Å². The van der Waals surface area contributed by atoms with Gasteiger partial charge in [-0.05, 0) is 30.3 Å². The van der Waals surface area contributed by atoms with Gasteiger partial charge in [-0.15, -0.1) is 0 Å². The molecule has 1 aliphatic heterocycles. The lowest BCUT2D eigenvalue weighted by Crippen LogP contribution is -2.24. The maximum atomic E-state index is 12.4. The maximum absolute atomic E-state index is 12.4. The minimum atomic E-state index is -0.681. The van der Waals surface area contributed by atoms with Gasteiger partial charge in [-0.3, -0.25) is 29.1 Å². The molecule has 3 aromatic rings. The molecule has 0 bridgehead atoms. The number of rotatable bonds is 3. The van der Waals surface area contributed by atoms with Crippen LogP contribution in [0.1, 0.15) is 31.3 Å². The number of carbonyl (C=O) groups is 3. The number of amides is 3. The van der Waals surface area contributed by atoms with Gasteiger partial charge in [0, 0.05) is 6.07 Å². The Bertz CT molecular complexity index is 1210. The van der Waals surface area contributed by atoms with Crippen molar-refractivity contribution in [2.24, 2.45) is 0 Å². The number of anilines is 2. The van der Waals surface area contributed by atoms with E-state index in [1.54, 1.807) is 6.07 Å². The van der Waals surface area contributed by atoms with E-state index < -0.39 is 23.3 Å². The van der Waals surface area contributed by atoms with E-state index in [1.165, 1.54) is 30.5 Å². The number of pyridine rings is 1. The fourth-order valence-electron chi connectivity index (χ4n) is 2.88. The Labute approximate surface area is 161 Å². The highest BCUT2D eigenvalue weighted by molar-refractivity contribution is 6.34. The predicted molar refractivity (Wildman–Crippen MR) is 99.9 cm³/mol. The first kappa shape index (κ1) is 17.6. The molecule has 1 aromatic carbocycles. The molecule has 0 radical (unpaired) electrons. The second kappa shape index (κ2) is 6.39. The maximum Gasteiger partial charge on any atom is 0.291 e. The first-order chi connectivity index (χ1) is 13.4. The van der Waals surface area contributed by atoms with Crippen LogP contribution in [0.4, 0.5) is 11.5 Å². The zero-order chi connectivity index (χ0) is 20.0. The van der Waals surface area contributed by atoms with E-state index in [-0.39, 0.29) is 39.1 Å².